The Morgan fingerprint density at radius 3 is 1.80 bits per heavy atom. The highest BCUT2D eigenvalue weighted by atomic mass is 16.5. The first-order valence-corrected chi connectivity index (χ1v) is 21.3. The summed E-state index contributed by atoms with van der Waals surface area (Å²) in [7, 11) is 0. The number of rotatable bonds is 2. The molecule has 0 saturated carbocycles. The van der Waals surface area contributed by atoms with Crippen LogP contribution >= 0.6 is 0 Å². The number of hydrogen-bond acceptors (Lipinski definition) is 3. The summed E-state index contributed by atoms with van der Waals surface area (Å²) in [6.45, 7) is 20.6. The van der Waals surface area contributed by atoms with Crippen molar-refractivity contribution in [2.45, 2.75) is 130 Å². The van der Waals surface area contributed by atoms with E-state index in [1.54, 1.807) is 22.3 Å². The number of nitrogens with zero attached hydrogens (tertiary/aromatic N) is 1. The molecule has 0 spiro atoms. The minimum absolute atomic E-state index is 0.0111. The van der Waals surface area contributed by atoms with Crippen molar-refractivity contribution in [3.63, 3.8) is 0 Å². The summed E-state index contributed by atoms with van der Waals surface area (Å²) >= 11 is 0. The average Bonchev–Trinajstić information content (AvgIpc) is 3.54. The van der Waals surface area contributed by atoms with E-state index in [2.05, 4.69) is 146 Å². The van der Waals surface area contributed by atoms with Crippen LogP contribution < -0.4 is 26.2 Å². The average molecular weight is 738 g/mol. The molecule has 3 heterocycles. The van der Waals surface area contributed by atoms with Gasteiger partial charge >= 0.3 is 6.71 Å². The largest absolute Gasteiger partial charge is 0.468 e. The van der Waals surface area contributed by atoms with E-state index in [1.807, 2.05) is 0 Å². The Labute approximate surface area is 334 Å². The lowest BCUT2D eigenvalue weighted by atomic mass is 9.36. The number of aryl methyl sites for hydroxylation is 2. The zero-order valence-electron chi connectivity index (χ0n) is 35.0. The fourth-order valence-corrected chi connectivity index (χ4v) is 10.2. The van der Waals surface area contributed by atoms with Crippen molar-refractivity contribution >= 4 is 51.3 Å². The van der Waals surface area contributed by atoms with Crippen LogP contribution in [0.25, 0.3) is 22.1 Å². The van der Waals surface area contributed by atoms with Crippen molar-refractivity contribution in [1.29, 1.82) is 0 Å². The maximum Gasteiger partial charge on any atom is 0.301 e. The molecule has 284 valence electrons. The van der Waals surface area contributed by atoms with Gasteiger partial charge in [0, 0.05) is 22.2 Å². The number of benzene rings is 5. The Morgan fingerprint density at radius 1 is 0.571 bits per heavy atom. The van der Waals surface area contributed by atoms with Gasteiger partial charge in [-0.15, -0.1) is 0 Å². The molecular weight excluding hydrogens is 681 g/mol. The highest BCUT2D eigenvalue weighted by Gasteiger charge is 2.46. The van der Waals surface area contributed by atoms with Crippen molar-refractivity contribution in [2.24, 2.45) is 0 Å². The Balaban J connectivity index is 1.31. The Morgan fingerprint density at radius 2 is 1.16 bits per heavy atom. The van der Waals surface area contributed by atoms with Crippen LogP contribution in [0.1, 0.15) is 127 Å². The van der Waals surface area contributed by atoms with Crippen molar-refractivity contribution in [3.8, 4) is 22.6 Å². The Hall–Kier alpha value is -4.70. The van der Waals surface area contributed by atoms with Crippen molar-refractivity contribution < 1.29 is 9.15 Å². The van der Waals surface area contributed by atoms with Gasteiger partial charge in [-0.3, -0.25) is 0 Å². The van der Waals surface area contributed by atoms with Crippen LogP contribution in [-0.2, 0) is 41.9 Å². The maximum absolute atomic E-state index is 7.19. The second kappa shape index (κ2) is 12.4. The predicted molar refractivity (Wildman–Crippen MR) is 237 cm³/mol. The first kappa shape index (κ1) is 35.7. The lowest BCUT2D eigenvalue weighted by Gasteiger charge is -2.39. The van der Waals surface area contributed by atoms with Crippen LogP contribution in [0.15, 0.2) is 83.3 Å². The summed E-state index contributed by atoms with van der Waals surface area (Å²) in [5.74, 6) is 1.88. The lowest BCUT2D eigenvalue weighted by molar-refractivity contribution is 0.486. The van der Waals surface area contributed by atoms with E-state index in [0.717, 1.165) is 47.0 Å². The topological polar surface area (TPSA) is 25.6 Å². The lowest BCUT2D eigenvalue weighted by Crippen LogP contribution is -2.59. The number of fused-ring (bicyclic) bond motifs is 8. The van der Waals surface area contributed by atoms with Crippen LogP contribution in [0, 0.1) is 0 Å². The summed E-state index contributed by atoms with van der Waals surface area (Å²) in [6.07, 6.45) is 9.74. The standard InChI is InChI=1S/C52H56BNO2/c1-50(2,3)34-18-22-37(23-19-34)54-42-27-33(46-38-16-12-10-14-31(38)26-32-15-11-13-17-39(32)46)28-45-47(42)53(41-30-36(52(7,8)9)21-25-44(41)55-45)49-48(54)40-29-35(51(4,5)6)20-24-43(40)56-49/h18-30H,10-17H2,1-9H3. The van der Waals surface area contributed by atoms with Crippen molar-refractivity contribution in [3.05, 3.63) is 118 Å². The van der Waals surface area contributed by atoms with Crippen LogP contribution in [0.5, 0.6) is 11.5 Å². The number of hydrogen-bond donors (Lipinski definition) is 0. The molecule has 0 unspecified atom stereocenters. The summed E-state index contributed by atoms with van der Waals surface area (Å²) in [6, 6.07) is 30.6. The van der Waals surface area contributed by atoms with Crippen LogP contribution in [-0.4, -0.2) is 6.71 Å². The number of ether oxygens (including phenoxy) is 1. The van der Waals surface area contributed by atoms with Crippen molar-refractivity contribution in [2.75, 3.05) is 4.90 Å². The van der Waals surface area contributed by atoms with E-state index in [0.29, 0.717) is 0 Å². The second-order valence-corrected chi connectivity index (χ2v) is 20.3. The summed E-state index contributed by atoms with van der Waals surface area (Å²) < 4.78 is 14.4. The third-order valence-electron chi connectivity index (χ3n) is 13.3. The first-order valence-electron chi connectivity index (χ1n) is 21.3. The van der Waals surface area contributed by atoms with Gasteiger partial charge in [-0.2, -0.15) is 0 Å². The van der Waals surface area contributed by atoms with E-state index in [-0.39, 0.29) is 23.0 Å². The molecule has 1 aromatic heterocycles. The monoisotopic (exact) mass is 737 g/mol. The molecule has 6 aromatic rings. The van der Waals surface area contributed by atoms with Crippen LogP contribution in [0.3, 0.4) is 0 Å². The highest BCUT2D eigenvalue weighted by molar-refractivity contribution is 6.99. The molecule has 56 heavy (non-hydrogen) atoms. The Bertz CT molecular complexity index is 2530. The smallest absolute Gasteiger partial charge is 0.301 e. The van der Waals surface area contributed by atoms with Gasteiger partial charge in [-0.25, -0.2) is 0 Å². The van der Waals surface area contributed by atoms with Gasteiger partial charge in [0.25, 0.3) is 0 Å². The minimum atomic E-state index is -0.107. The first-order chi connectivity index (χ1) is 26.6. The second-order valence-electron chi connectivity index (χ2n) is 20.3. The van der Waals surface area contributed by atoms with Crippen LogP contribution in [0.2, 0.25) is 0 Å². The van der Waals surface area contributed by atoms with Gasteiger partial charge in [-0.1, -0.05) is 98.7 Å². The SMILES string of the molecule is CC(C)(C)c1ccc(N2c3cc(-c4c5c(cc6c4CCCC6)CCCC5)cc4c3B(c3cc(C(C)(C)C)ccc3O4)c3oc4ccc(C(C)(C)C)cc4c32)cc1. The number of anilines is 3. The van der Waals surface area contributed by atoms with Gasteiger partial charge in [0.2, 0.25) is 0 Å². The van der Waals surface area contributed by atoms with Gasteiger partial charge in [-0.05, 0) is 166 Å². The fourth-order valence-electron chi connectivity index (χ4n) is 10.2. The van der Waals surface area contributed by atoms with Gasteiger partial charge < -0.3 is 14.1 Å². The van der Waals surface area contributed by atoms with Gasteiger partial charge in [0.05, 0.1) is 11.3 Å². The molecule has 0 atom stereocenters. The van der Waals surface area contributed by atoms with Crippen molar-refractivity contribution in [1.82, 2.24) is 0 Å². The third-order valence-corrected chi connectivity index (χ3v) is 13.3. The molecule has 0 fully saturated rings. The zero-order chi connectivity index (χ0) is 38.9. The Kier molecular flexibility index (Phi) is 7.91. The summed E-state index contributed by atoms with van der Waals surface area (Å²) in [4.78, 5) is 2.53. The normalized spacial score (nSPS) is 16.2. The molecule has 4 heteroatoms. The molecular formula is C52H56BNO2. The van der Waals surface area contributed by atoms with Gasteiger partial charge in [0.1, 0.15) is 17.1 Å². The molecule has 0 saturated heterocycles. The predicted octanol–water partition coefficient (Wildman–Crippen LogP) is 12.2. The fraction of sp³-hybridized carbons (Fsp3) is 0.385. The van der Waals surface area contributed by atoms with E-state index in [4.69, 9.17) is 9.15 Å². The summed E-state index contributed by atoms with van der Waals surface area (Å²) in [5, 5.41) is 1.17. The van der Waals surface area contributed by atoms with Gasteiger partial charge in [0.15, 0.2) is 0 Å². The maximum atomic E-state index is 7.19. The molecule has 10 rings (SSSR count). The molecule has 0 amide bonds. The number of furan rings is 1. The quantitative estimate of drug-likeness (QED) is 0.165. The molecule has 2 aliphatic carbocycles. The van der Waals surface area contributed by atoms with E-state index >= 15 is 0 Å². The third kappa shape index (κ3) is 5.60. The van der Waals surface area contributed by atoms with E-state index in [9.17, 15) is 0 Å². The van der Waals surface area contributed by atoms with Crippen LogP contribution in [0.4, 0.5) is 17.1 Å². The molecule has 0 N–H and O–H groups in total. The molecule has 5 aromatic carbocycles. The van der Waals surface area contributed by atoms with E-state index in [1.165, 1.54) is 88.3 Å². The summed E-state index contributed by atoms with van der Waals surface area (Å²) in [5.41, 5.74) is 20.9. The zero-order valence-corrected chi connectivity index (χ0v) is 35.0. The highest BCUT2D eigenvalue weighted by Crippen LogP contribution is 2.49. The molecule has 0 radical (unpaired) electrons. The van der Waals surface area contributed by atoms with E-state index < -0.39 is 0 Å². The molecule has 3 nitrogen and oxygen atoms in total. The molecule has 0 bridgehead atoms. The minimum Gasteiger partial charge on any atom is -0.468 e. The molecule has 4 aliphatic rings. The molecule has 2 aliphatic heterocycles.